The number of phenolic OH excluding ortho intramolecular Hbond substituents is 1. The Morgan fingerprint density at radius 2 is 2.12 bits per heavy atom. The molecule has 1 aromatic rings. The standard InChI is InChI=1S/C13H18O3/c1-4-5-10-6-11(16-9(2)3)7-13(15)12(10)8-14/h6-9,15H,4-5H2,1-3H3. The molecule has 0 saturated carbocycles. The van der Waals surface area contributed by atoms with Gasteiger partial charge in [-0.05, 0) is 31.9 Å². The van der Waals surface area contributed by atoms with Crippen molar-refractivity contribution >= 4 is 6.29 Å². The summed E-state index contributed by atoms with van der Waals surface area (Å²) in [6.45, 7) is 5.87. The second kappa shape index (κ2) is 5.54. The number of aldehydes is 1. The van der Waals surface area contributed by atoms with Crippen molar-refractivity contribution in [1.29, 1.82) is 0 Å². The molecule has 0 spiro atoms. The first-order chi connectivity index (χ1) is 7.58. The van der Waals surface area contributed by atoms with Gasteiger partial charge >= 0.3 is 0 Å². The highest BCUT2D eigenvalue weighted by Gasteiger charge is 2.10. The summed E-state index contributed by atoms with van der Waals surface area (Å²) in [5.41, 5.74) is 1.21. The molecular formula is C13H18O3. The van der Waals surface area contributed by atoms with Crippen LogP contribution >= 0.6 is 0 Å². The fraction of sp³-hybridized carbons (Fsp3) is 0.462. The van der Waals surface area contributed by atoms with E-state index in [9.17, 15) is 9.90 Å². The monoisotopic (exact) mass is 222 g/mol. The van der Waals surface area contributed by atoms with Gasteiger partial charge in [-0.25, -0.2) is 0 Å². The van der Waals surface area contributed by atoms with Gasteiger partial charge in [-0.2, -0.15) is 0 Å². The van der Waals surface area contributed by atoms with Crippen LogP contribution in [-0.2, 0) is 6.42 Å². The summed E-state index contributed by atoms with van der Waals surface area (Å²) in [7, 11) is 0. The third kappa shape index (κ3) is 2.99. The Balaban J connectivity index is 3.11. The first kappa shape index (κ1) is 12.6. The Kier molecular flexibility index (Phi) is 4.35. The minimum atomic E-state index is -0.00315. The van der Waals surface area contributed by atoms with Crippen LogP contribution < -0.4 is 4.74 Å². The summed E-state index contributed by atoms with van der Waals surface area (Å²) in [4.78, 5) is 10.9. The van der Waals surface area contributed by atoms with Gasteiger partial charge in [-0.1, -0.05) is 13.3 Å². The van der Waals surface area contributed by atoms with Gasteiger partial charge in [0, 0.05) is 6.07 Å². The van der Waals surface area contributed by atoms with Gasteiger partial charge in [-0.15, -0.1) is 0 Å². The van der Waals surface area contributed by atoms with Crippen LogP contribution in [0.5, 0.6) is 11.5 Å². The second-order valence-corrected chi connectivity index (χ2v) is 4.05. The van der Waals surface area contributed by atoms with Gasteiger partial charge in [0.1, 0.15) is 11.5 Å². The average molecular weight is 222 g/mol. The lowest BCUT2D eigenvalue weighted by Gasteiger charge is -2.13. The van der Waals surface area contributed by atoms with Gasteiger partial charge in [0.15, 0.2) is 6.29 Å². The van der Waals surface area contributed by atoms with E-state index >= 15 is 0 Å². The van der Waals surface area contributed by atoms with Crippen molar-refractivity contribution in [3.8, 4) is 11.5 Å². The number of benzene rings is 1. The smallest absolute Gasteiger partial charge is 0.154 e. The lowest BCUT2D eigenvalue weighted by atomic mass is 10.0. The molecule has 0 aliphatic rings. The molecule has 0 amide bonds. The van der Waals surface area contributed by atoms with Crippen molar-refractivity contribution in [3.05, 3.63) is 23.3 Å². The zero-order valence-electron chi connectivity index (χ0n) is 9.99. The molecule has 0 aliphatic carbocycles. The molecule has 88 valence electrons. The van der Waals surface area contributed by atoms with Crippen LogP contribution in [0, 0.1) is 0 Å². The van der Waals surface area contributed by atoms with Gasteiger partial charge in [0.05, 0.1) is 11.7 Å². The molecule has 0 bridgehead atoms. The third-order valence-corrected chi connectivity index (χ3v) is 2.23. The molecule has 3 heteroatoms. The van der Waals surface area contributed by atoms with E-state index in [-0.39, 0.29) is 11.9 Å². The van der Waals surface area contributed by atoms with Gasteiger partial charge < -0.3 is 9.84 Å². The zero-order valence-corrected chi connectivity index (χ0v) is 9.99. The average Bonchev–Trinajstić information content (AvgIpc) is 2.16. The maximum atomic E-state index is 10.9. The first-order valence-corrected chi connectivity index (χ1v) is 5.56. The van der Waals surface area contributed by atoms with Crippen LogP contribution in [0.15, 0.2) is 12.1 Å². The van der Waals surface area contributed by atoms with Crippen molar-refractivity contribution in [2.24, 2.45) is 0 Å². The molecule has 0 atom stereocenters. The quantitative estimate of drug-likeness (QED) is 0.779. The van der Waals surface area contributed by atoms with Gasteiger partial charge in [0.2, 0.25) is 0 Å². The van der Waals surface area contributed by atoms with E-state index < -0.39 is 0 Å². The second-order valence-electron chi connectivity index (χ2n) is 4.05. The van der Waals surface area contributed by atoms with Crippen LogP contribution in [0.3, 0.4) is 0 Å². The Labute approximate surface area is 96.1 Å². The van der Waals surface area contributed by atoms with Crippen molar-refractivity contribution in [2.45, 2.75) is 39.7 Å². The van der Waals surface area contributed by atoms with E-state index in [0.717, 1.165) is 18.4 Å². The van der Waals surface area contributed by atoms with E-state index in [1.54, 1.807) is 0 Å². The molecule has 1 N–H and O–H groups in total. The molecule has 0 heterocycles. The van der Waals surface area contributed by atoms with Crippen molar-refractivity contribution < 1.29 is 14.6 Å². The van der Waals surface area contributed by atoms with E-state index in [0.29, 0.717) is 17.6 Å². The number of hydrogen-bond acceptors (Lipinski definition) is 3. The lowest BCUT2D eigenvalue weighted by Crippen LogP contribution is -2.06. The molecular weight excluding hydrogens is 204 g/mol. The number of carbonyl (C=O) groups is 1. The maximum Gasteiger partial charge on any atom is 0.154 e. The number of carbonyl (C=O) groups excluding carboxylic acids is 1. The molecule has 0 aliphatic heterocycles. The summed E-state index contributed by atoms with van der Waals surface area (Å²) < 4.78 is 5.51. The van der Waals surface area contributed by atoms with E-state index in [2.05, 4.69) is 0 Å². The molecule has 0 saturated heterocycles. The molecule has 0 aromatic heterocycles. The Bertz CT molecular complexity index is 370. The predicted molar refractivity (Wildman–Crippen MR) is 63.3 cm³/mol. The van der Waals surface area contributed by atoms with E-state index in [1.807, 2.05) is 26.8 Å². The SMILES string of the molecule is CCCc1cc(OC(C)C)cc(O)c1C=O. The van der Waals surface area contributed by atoms with Crippen LogP contribution in [-0.4, -0.2) is 17.5 Å². The molecule has 16 heavy (non-hydrogen) atoms. The predicted octanol–water partition coefficient (Wildman–Crippen LogP) is 2.94. The van der Waals surface area contributed by atoms with Crippen molar-refractivity contribution in [1.82, 2.24) is 0 Å². The Morgan fingerprint density at radius 3 is 2.62 bits per heavy atom. The normalized spacial score (nSPS) is 10.5. The summed E-state index contributed by atoms with van der Waals surface area (Å²) in [6.07, 6.45) is 2.43. The number of rotatable bonds is 5. The lowest BCUT2D eigenvalue weighted by molar-refractivity contribution is 0.112. The molecule has 0 unspecified atom stereocenters. The van der Waals surface area contributed by atoms with Gasteiger partial charge in [-0.3, -0.25) is 4.79 Å². The minimum Gasteiger partial charge on any atom is -0.507 e. The van der Waals surface area contributed by atoms with Crippen LogP contribution in [0.1, 0.15) is 43.1 Å². The van der Waals surface area contributed by atoms with Crippen LogP contribution in [0.25, 0.3) is 0 Å². The molecule has 3 nitrogen and oxygen atoms in total. The molecule has 1 rings (SSSR count). The minimum absolute atomic E-state index is 0.00315. The fourth-order valence-corrected chi connectivity index (χ4v) is 1.62. The van der Waals surface area contributed by atoms with Crippen molar-refractivity contribution in [2.75, 3.05) is 0 Å². The van der Waals surface area contributed by atoms with Crippen LogP contribution in [0.4, 0.5) is 0 Å². The van der Waals surface area contributed by atoms with Crippen molar-refractivity contribution in [3.63, 3.8) is 0 Å². The highest BCUT2D eigenvalue weighted by atomic mass is 16.5. The first-order valence-electron chi connectivity index (χ1n) is 5.56. The highest BCUT2D eigenvalue weighted by molar-refractivity contribution is 5.82. The van der Waals surface area contributed by atoms with Gasteiger partial charge in [0.25, 0.3) is 0 Å². The summed E-state index contributed by atoms with van der Waals surface area (Å²) in [5.74, 6) is 0.609. The largest absolute Gasteiger partial charge is 0.507 e. The fourth-order valence-electron chi connectivity index (χ4n) is 1.62. The summed E-state index contributed by atoms with van der Waals surface area (Å²) in [5, 5.41) is 9.70. The molecule has 0 radical (unpaired) electrons. The third-order valence-electron chi connectivity index (χ3n) is 2.23. The zero-order chi connectivity index (χ0) is 12.1. The molecule has 0 fully saturated rings. The van der Waals surface area contributed by atoms with E-state index in [4.69, 9.17) is 4.74 Å². The number of aromatic hydroxyl groups is 1. The number of phenols is 1. The number of hydrogen-bond donors (Lipinski definition) is 1. The topological polar surface area (TPSA) is 46.5 Å². The Hall–Kier alpha value is -1.51. The van der Waals surface area contributed by atoms with E-state index in [1.165, 1.54) is 6.07 Å². The maximum absolute atomic E-state index is 10.9. The van der Waals surface area contributed by atoms with Crippen LogP contribution in [0.2, 0.25) is 0 Å². The molecule has 1 aromatic carbocycles. The Morgan fingerprint density at radius 1 is 1.44 bits per heavy atom. The summed E-state index contributed by atoms with van der Waals surface area (Å²) >= 11 is 0. The number of aryl methyl sites for hydroxylation is 1. The highest BCUT2D eigenvalue weighted by Crippen LogP contribution is 2.28. The summed E-state index contributed by atoms with van der Waals surface area (Å²) in [6, 6.07) is 3.32. The number of ether oxygens (including phenoxy) is 1.